The zero-order valence-electron chi connectivity index (χ0n) is 13.9. The number of aromatic nitrogens is 1. The normalized spacial score (nSPS) is 18.8. The van der Waals surface area contributed by atoms with Gasteiger partial charge in [-0.1, -0.05) is 6.58 Å². The zero-order chi connectivity index (χ0) is 17.0. The van der Waals surface area contributed by atoms with Gasteiger partial charge in [0.2, 0.25) is 0 Å². The van der Waals surface area contributed by atoms with Gasteiger partial charge in [-0.25, -0.2) is 9.78 Å². The van der Waals surface area contributed by atoms with E-state index in [4.69, 9.17) is 4.74 Å². The van der Waals surface area contributed by atoms with Crippen LogP contribution in [0.15, 0.2) is 23.3 Å². The van der Waals surface area contributed by atoms with Gasteiger partial charge in [0, 0.05) is 18.2 Å². The van der Waals surface area contributed by atoms with Crippen LogP contribution in [-0.4, -0.2) is 29.3 Å². The van der Waals surface area contributed by atoms with Gasteiger partial charge in [0.15, 0.2) is 0 Å². The van der Waals surface area contributed by atoms with Crippen molar-refractivity contribution in [3.8, 4) is 0 Å². The molecule has 1 aliphatic rings. The number of fused-ring (bicyclic) bond motifs is 1. The molecule has 23 heavy (non-hydrogen) atoms. The van der Waals surface area contributed by atoms with E-state index in [1.807, 2.05) is 32.9 Å². The predicted octanol–water partition coefficient (Wildman–Crippen LogP) is 4.35. The predicted molar refractivity (Wildman–Crippen MR) is 96.5 cm³/mol. The van der Waals surface area contributed by atoms with Crippen LogP contribution in [0, 0.1) is 0 Å². The second kappa shape index (κ2) is 7.34. The van der Waals surface area contributed by atoms with Gasteiger partial charge in [-0.15, -0.1) is 0 Å². The quantitative estimate of drug-likeness (QED) is 0.709. The van der Waals surface area contributed by atoms with Crippen molar-refractivity contribution >= 4 is 33.4 Å². The molecule has 126 valence electrons. The van der Waals surface area contributed by atoms with Crippen molar-refractivity contribution in [2.45, 2.75) is 51.7 Å². The van der Waals surface area contributed by atoms with E-state index in [9.17, 15) is 4.79 Å². The zero-order valence-corrected chi connectivity index (χ0v) is 15.5. The fourth-order valence-corrected chi connectivity index (χ4v) is 2.83. The molecular formula is C17H24BrN3O2. The summed E-state index contributed by atoms with van der Waals surface area (Å²) in [5, 5.41) is 6.31. The number of nitrogens with one attached hydrogen (secondary N) is 2. The van der Waals surface area contributed by atoms with Gasteiger partial charge in [0.25, 0.3) is 0 Å². The Morgan fingerprint density at radius 3 is 2.91 bits per heavy atom. The summed E-state index contributed by atoms with van der Waals surface area (Å²) in [6, 6.07) is 3.91. The smallest absolute Gasteiger partial charge is 0.407 e. The first-order chi connectivity index (χ1) is 10.7. The summed E-state index contributed by atoms with van der Waals surface area (Å²) >= 11 is 3.39. The number of carbonyl (C=O) groups excluding carboxylic acids is 1. The first-order valence-corrected chi connectivity index (χ1v) is 8.62. The topological polar surface area (TPSA) is 63.2 Å². The molecular weight excluding hydrogens is 358 g/mol. The number of carbonyl (C=O) groups is 1. The lowest BCUT2D eigenvalue weighted by Crippen LogP contribution is -2.39. The van der Waals surface area contributed by atoms with Gasteiger partial charge in [-0.05, 0) is 73.7 Å². The number of rotatable bonds is 1. The molecule has 2 N–H and O–H groups in total. The molecule has 2 rings (SSSR count). The Kier molecular flexibility index (Phi) is 5.68. The van der Waals surface area contributed by atoms with Gasteiger partial charge in [-0.3, -0.25) is 0 Å². The molecule has 0 bridgehead atoms. The second-order valence-electron chi connectivity index (χ2n) is 6.75. The summed E-state index contributed by atoms with van der Waals surface area (Å²) in [5.74, 6) is 0.835. The average molecular weight is 382 g/mol. The van der Waals surface area contributed by atoms with E-state index in [1.165, 1.54) is 0 Å². The van der Waals surface area contributed by atoms with Crippen molar-refractivity contribution in [2.24, 2.45) is 0 Å². The molecule has 5 nitrogen and oxygen atoms in total. The maximum atomic E-state index is 12.0. The molecule has 1 aromatic rings. The van der Waals surface area contributed by atoms with Crippen molar-refractivity contribution in [1.82, 2.24) is 10.3 Å². The number of pyridine rings is 1. The van der Waals surface area contributed by atoms with Crippen LogP contribution in [0.25, 0.3) is 5.57 Å². The molecule has 2 heterocycles. The first-order valence-electron chi connectivity index (χ1n) is 7.83. The van der Waals surface area contributed by atoms with Gasteiger partial charge < -0.3 is 15.4 Å². The average Bonchev–Trinajstić information content (AvgIpc) is 2.46. The fraction of sp³-hybridized carbons (Fsp3) is 0.529. The van der Waals surface area contributed by atoms with Crippen LogP contribution >= 0.6 is 15.9 Å². The van der Waals surface area contributed by atoms with E-state index in [2.05, 4.69) is 38.1 Å². The molecule has 0 fully saturated rings. The van der Waals surface area contributed by atoms with E-state index < -0.39 is 5.60 Å². The fourth-order valence-electron chi connectivity index (χ4n) is 2.52. The van der Waals surface area contributed by atoms with E-state index in [1.54, 1.807) is 0 Å². The van der Waals surface area contributed by atoms with Crippen LogP contribution in [0.1, 0.15) is 45.6 Å². The summed E-state index contributed by atoms with van der Waals surface area (Å²) in [5.41, 5.74) is 1.45. The third-order valence-corrected chi connectivity index (χ3v) is 3.92. The summed E-state index contributed by atoms with van der Waals surface area (Å²) in [7, 11) is 0. The second-order valence-corrected chi connectivity index (χ2v) is 7.56. The van der Waals surface area contributed by atoms with Gasteiger partial charge in [0.05, 0.1) is 0 Å². The number of nitrogens with zero attached hydrogens (tertiary/aromatic N) is 1. The molecule has 0 aromatic carbocycles. The number of amides is 1. The highest BCUT2D eigenvalue weighted by Crippen LogP contribution is 2.28. The summed E-state index contributed by atoms with van der Waals surface area (Å²) in [6.45, 7) is 10.6. The molecule has 1 amide bonds. The van der Waals surface area contributed by atoms with E-state index in [0.717, 1.165) is 40.9 Å². The minimum atomic E-state index is -0.496. The van der Waals surface area contributed by atoms with Crippen LogP contribution in [0.5, 0.6) is 0 Å². The Bertz CT molecular complexity index is 596. The highest BCUT2D eigenvalue weighted by Gasteiger charge is 2.22. The van der Waals surface area contributed by atoms with Crippen molar-refractivity contribution < 1.29 is 9.53 Å². The van der Waals surface area contributed by atoms with Crippen LogP contribution in [-0.2, 0) is 4.74 Å². The van der Waals surface area contributed by atoms with Crippen LogP contribution in [0.4, 0.5) is 10.6 Å². The number of halogens is 1. The first kappa shape index (κ1) is 17.8. The van der Waals surface area contributed by atoms with E-state index in [-0.39, 0.29) is 12.1 Å². The number of alkyl carbamates (subject to hydrolysis) is 1. The minimum absolute atomic E-state index is 0.00810. The summed E-state index contributed by atoms with van der Waals surface area (Å²) in [6.07, 6.45) is 2.09. The lowest BCUT2D eigenvalue weighted by atomic mass is 9.99. The van der Waals surface area contributed by atoms with E-state index in [0.29, 0.717) is 6.42 Å². The van der Waals surface area contributed by atoms with Crippen molar-refractivity contribution in [2.75, 3.05) is 11.9 Å². The van der Waals surface area contributed by atoms with Gasteiger partial charge >= 0.3 is 6.09 Å². The van der Waals surface area contributed by atoms with Crippen LogP contribution in [0.3, 0.4) is 0 Å². The molecule has 0 radical (unpaired) electrons. The Labute approximate surface area is 146 Å². The molecule has 1 aliphatic heterocycles. The molecule has 1 aromatic heterocycles. The Balaban J connectivity index is 2.09. The standard InChI is InChI=1S/C17H24BrN3O2/c1-11-10-12(20-16(22)23-17(2,3)4)6-5-9-19-15-13(11)7-8-14(18)21-15/h7-8,12H,1,5-6,9-10H2,2-4H3,(H,19,21)(H,20,22). The van der Waals surface area contributed by atoms with Crippen molar-refractivity contribution in [3.05, 3.63) is 28.9 Å². The molecule has 0 aliphatic carbocycles. The molecule has 0 spiro atoms. The maximum Gasteiger partial charge on any atom is 0.407 e. The summed E-state index contributed by atoms with van der Waals surface area (Å²) in [4.78, 5) is 16.5. The minimum Gasteiger partial charge on any atom is -0.444 e. The van der Waals surface area contributed by atoms with Gasteiger partial charge in [-0.2, -0.15) is 0 Å². The van der Waals surface area contributed by atoms with Gasteiger partial charge in [0.1, 0.15) is 16.0 Å². The monoisotopic (exact) mass is 381 g/mol. The molecule has 0 saturated heterocycles. The number of hydrogen-bond acceptors (Lipinski definition) is 4. The number of ether oxygens (including phenoxy) is 1. The molecule has 6 heteroatoms. The number of hydrogen-bond donors (Lipinski definition) is 2. The molecule has 1 unspecified atom stereocenters. The lowest BCUT2D eigenvalue weighted by Gasteiger charge is -2.24. The third kappa shape index (κ3) is 5.53. The summed E-state index contributed by atoms with van der Waals surface area (Å²) < 4.78 is 6.14. The highest BCUT2D eigenvalue weighted by molar-refractivity contribution is 9.10. The van der Waals surface area contributed by atoms with Crippen molar-refractivity contribution in [1.29, 1.82) is 0 Å². The highest BCUT2D eigenvalue weighted by atomic mass is 79.9. The van der Waals surface area contributed by atoms with Crippen LogP contribution in [0.2, 0.25) is 0 Å². The number of anilines is 1. The SMILES string of the molecule is C=C1CC(NC(=O)OC(C)(C)C)CCCNc2nc(Br)ccc21. The lowest BCUT2D eigenvalue weighted by molar-refractivity contribution is 0.0503. The Hall–Kier alpha value is -1.56. The van der Waals surface area contributed by atoms with Crippen LogP contribution < -0.4 is 10.6 Å². The maximum absolute atomic E-state index is 12.0. The largest absolute Gasteiger partial charge is 0.444 e. The van der Waals surface area contributed by atoms with Crippen molar-refractivity contribution in [3.63, 3.8) is 0 Å². The third-order valence-electron chi connectivity index (χ3n) is 3.48. The van der Waals surface area contributed by atoms with E-state index >= 15 is 0 Å². The Morgan fingerprint density at radius 1 is 1.48 bits per heavy atom. The molecule has 0 saturated carbocycles. The molecule has 1 atom stereocenters. The Morgan fingerprint density at radius 2 is 2.22 bits per heavy atom.